The Morgan fingerprint density at radius 3 is 1.56 bits per heavy atom. The number of hydrogen-bond acceptors (Lipinski definition) is 2. The summed E-state index contributed by atoms with van der Waals surface area (Å²) in [5.74, 6) is 1.49. The number of ether oxygens (including phenoxy) is 1. The Morgan fingerprint density at radius 1 is 0.540 bits per heavy atom. The SMILES string of the molecule is CCCCc1ccc(-c2cc(N3c4ccc#cc4Oc4ccccc43)cc(-c3ccc(CCCC)cc3)c2-c2ccc(CCCC)cc2)cc1. The number of benzene rings is 5. The first-order valence-corrected chi connectivity index (χ1v) is 18.6. The Balaban J connectivity index is 1.48. The molecule has 0 bridgehead atoms. The lowest BCUT2D eigenvalue weighted by Gasteiger charge is -2.33. The molecule has 6 aromatic rings. The zero-order chi connectivity index (χ0) is 34.3. The number of aryl methyl sites for hydroxylation is 3. The fourth-order valence-corrected chi connectivity index (χ4v) is 7.07. The summed E-state index contributed by atoms with van der Waals surface area (Å²) in [6.07, 6.45) is 10.5. The van der Waals surface area contributed by atoms with E-state index >= 15 is 0 Å². The standard InChI is InChI=1S/C48H47NO/c1-4-7-14-35-21-27-38(28-22-35)42-33-41(49-44-17-10-12-19-46(44)50-47-20-13-11-18-45(47)49)34-43(39-29-23-36(24-30-39)15-8-5-2)48(42)40-31-25-37(26-32-40)16-9-6-3/h10-12,17-19,21-34H,4-9,14-16H2,1-3H3. The van der Waals surface area contributed by atoms with Crippen LogP contribution in [0.4, 0.5) is 17.1 Å². The van der Waals surface area contributed by atoms with E-state index < -0.39 is 0 Å². The van der Waals surface area contributed by atoms with Crippen molar-refractivity contribution in [2.45, 2.75) is 78.6 Å². The monoisotopic (exact) mass is 653 g/mol. The van der Waals surface area contributed by atoms with Crippen LogP contribution in [0.1, 0.15) is 76.0 Å². The summed E-state index contributed by atoms with van der Waals surface area (Å²) < 4.78 is 6.35. The third kappa shape index (κ3) is 7.05. The van der Waals surface area contributed by atoms with Crippen LogP contribution in [0.15, 0.2) is 121 Å². The number of fused-ring (bicyclic) bond motifs is 2. The summed E-state index contributed by atoms with van der Waals surface area (Å²) in [4.78, 5) is 2.33. The molecule has 0 radical (unpaired) electrons. The number of hydrogen-bond donors (Lipinski definition) is 0. The molecule has 2 nitrogen and oxygen atoms in total. The van der Waals surface area contributed by atoms with Crippen molar-refractivity contribution < 1.29 is 4.74 Å². The van der Waals surface area contributed by atoms with Gasteiger partial charge in [-0.3, -0.25) is 0 Å². The first kappa shape index (κ1) is 33.2. The molecular weight excluding hydrogens is 607 g/mol. The fraction of sp³-hybridized carbons (Fsp3) is 0.250. The van der Waals surface area contributed by atoms with Gasteiger partial charge < -0.3 is 9.64 Å². The minimum atomic E-state index is 0.682. The molecule has 1 aliphatic heterocycles. The molecule has 0 saturated heterocycles. The quantitative estimate of drug-likeness (QED) is 0.123. The van der Waals surface area contributed by atoms with Crippen molar-refractivity contribution in [3.63, 3.8) is 0 Å². The predicted molar refractivity (Wildman–Crippen MR) is 211 cm³/mol. The van der Waals surface area contributed by atoms with Crippen LogP contribution in [0, 0.1) is 12.1 Å². The summed E-state index contributed by atoms with van der Waals surface area (Å²) in [7, 11) is 0. The Hall–Kier alpha value is -5.26. The fourth-order valence-electron chi connectivity index (χ4n) is 7.07. The number of nitrogens with zero attached hydrogens (tertiary/aromatic N) is 1. The molecule has 0 unspecified atom stereocenters. The summed E-state index contributed by atoms with van der Waals surface area (Å²) in [6.45, 7) is 6.78. The summed E-state index contributed by atoms with van der Waals surface area (Å²) in [6, 6.07) is 51.3. The van der Waals surface area contributed by atoms with Gasteiger partial charge in [0.05, 0.1) is 11.4 Å². The van der Waals surface area contributed by atoms with Crippen molar-refractivity contribution in [2.75, 3.05) is 4.90 Å². The summed E-state index contributed by atoms with van der Waals surface area (Å²) in [5.41, 5.74) is 14.6. The predicted octanol–water partition coefficient (Wildman–Crippen LogP) is 13.9. The molecule has 1 aliphatic rings. The molecule has 0 amide bonds. The Labute approximate surface area is 299 Å². The Bertz CT molecular complexity index is 1900. The minimum absolute atomic E-state index is 0.682. The molecule has 7 rings (SSSR count). The van der Waals surface area contributed by atoms with Crippen molar-refractivity contribution in [2.24, 2.45) is 0 Å². The van der Waals surface area contributed by atoms with Crippen LogP contribution in [0.2, 0.25) is 0 Å². The van der Waals surface area contributed by atoms with E-state index in [1.165, 1.54) is 88.6 Å². The first-order valence-electron chi connectivity index (χ1n) is 18.6. The van der Waals surface area contributed by atoms with Gasteiger partial charge in [-0.2, -0.15) is 0 Å². The highest BCUT2D eigenvalue weighted by Gasteiger charge is 2.28. The summed E-state index contributed by atoms with van der Waals surface area (Å²) >= 11 is 0. The van der Waals surface area contributed by atoms with E-state index in [4.69, 9.17) is 4.74 Å². The smallest absolute Gasteiger partial charge is 0.201 e. The van der Waals surface area contributed by atoms with Gasteiger partial charge >= 0.3 is 0 Å². The molecule has 250 valence electrons. The molecule has 0 atom stereocenters. The molecule has 0 saturated carbocycles. The molecular formula is C48H47NO. The van der Waals surface area contributed by atoms with Crippen LogP contribution in [0.5, 0.6) is 11.5 Å². The second kappa shape index (κ2) is 15.5. The normalized spacial score (nSPS) is 11.8. The number of anilines is 3. The van der Waals surface area contributed by atoms with E-state index in [2.05, 4.69) is 141 Å². The number of rotatable bonds is 13. The third-order valence-electron chi connectivity index (χ3n) is 9.91. The van der Waals surface area contributed by atoms with E-state index in [9.17, 15) is 0 Å². The molecule has 0 aliphatic carbocycles. The van der Waals surface area contributed by atoms with Gasteiger partial charge in [0.2, 0.25) is 5.75 Å². The Kier molecular flexibility index (Phi) is 10.3. The molecule has 0 aromatic heterocycles. The largest absolute Gasteiger partial charge is 0.444 e. The molecule has 2 heteroatoms. The van der Waals surface area contributed by atoms with Crippen molar-refractivity contribution in [3.05, 3.63) is 150 Å². The van der Waals surface area contributed by atoms with Gasteiger partial charge in [0.1, 0.15) is 0 Å². The van der Waals surface area contributed by atoms with Crippen LogP contribution in [-0.4, -0.2) is 0 Å². The van der Waals surface area contributed by atoms with E-state index in [0.29, 0.717) is 5.75 Å². The van der Waals surface area contributed by atoms with Crippen LogP contribution in [0.3, 0.4) is 0 Å². The molecule has 0 fully saturated rings. The lowest BCUT2D eigenvalue weighted by molar-refractivity contribution is 0.477. The van der Waals surface area contributed by atoms with Crippen LogP contribution in [-0.2, 0) is 19.3 Å². The maximum atomic E-state index is 6.35. The molecule has 1 heterocycles. The molecule has 50 heavy (non-hydrogen) atoms. The van der Waals surface area contributed by atoms with Gasteiger partial charge in [0.15, 0.2) is 5.75 Å². The number of unbranched alkanes of at least 4 members (excludes halogenated alkanes) is 3. The Morgan fingerprint density at radius 2 is 1.04 bits per heavy atom. The van der Waals surface area contributed by atoms with Gasteiger partial charge in [0, 0.05) is 5.69 Å². The van der Waals surface area contributed by atoms with Crippen molar-refractivity contribution in [1.29, 1.82) is 0 Å². The summed E-state index contributed by atoms with van der Waals surface area (Å²) in [5, 5.41) is 0. The van der Waals surface area contributed by atoms with E-state index in [0.717, 1.165) is 42.1 Å². The van der Waals surface area contributed by atoms with Crippen LogP contribution in [0.25, 0.3) is 33.4 Å². The van der Waals surface area contributed by atoms with E-state index in [1.54, 1.807) is 0 Å². The number of para-hydroxylation sites is 2. The highest BCUT2D eigenvalue weighted by atomic mass is 16.5. The maximum Gasteiger partial charge on any atom is 0.201 e. The lowest BCUT2D eigenvalue weighted by atomic mass is 9.85. The zero-order valence-corrected chi connectivity index (χ0v) is 29.8. The van der Waals surface area contributed by atoms with Gasteiger partial charge in [0.25, 0.3) is 0 Å². The van der Waals surface area contributed by atoms with Gasteiger partial charge in [-0.25, -0.2) is 0 Å². The van der Waals surface area contributed by atoms with Crippen molar-refractivity contribution >= 4 is 17.1 Å². The minimum Gasteiger partial charge on any atom is -0.444 e. The van der Waals surface area contributed by atoms with Crippen LogP contribution < -0.4 is 9.64 Å². The molecule has 0 spiro atoms. The van der Waals surface area contributed by atoms with E-state index in [1.807, 2.05) is 18.2 Å². The second-order valence-corrected chi connectivity index (χ2v) is 13.5. The average Bonchev–Trinajstić information content (AvgIpc) is 3.17. The van der Waals surface area contributed by atoms with Gasteiger partial charge in [-0.05, 0) is 131 Å². The highest BCUT2D eigenvalue weighted by Crippen LogP contribution is 2.52. The van der Waals surface area contributed by atoms with Gasteiger partial charge in [-0.15, -0.1) is 0 Å². The highest BCUT2D eigenvalue weighted by molar-refractivity contribution is 5.99. The first-order chi connectivity index (χ1) is 24.7. The second-order valence-electron chi connectivity index (χ2n) is 13.5. The molecule has 0 N–H and O–H groups in total. The maximum absolute atomic E-state index is 6.35. The van der Waals surface area contributed by atoms with Gasteiger partial charge in [-0.1, -0.05) is 131 Å². The van der Waals surface area contributed by atoms with Crippen LogP contribution >= 0.6 is 0 Å². The molecule has 6 aromatic carbocycles. The zero-order valence-electron chi connectivity index (χ0n) is 29.8. The average molecular weight is 654 g/mol. The third-order valence-corrected chi connectivity index (χ3v) is 9.91. The topological polar surface area (TPSA) is 12.5 Å². The van der Waals surface area contributed by atoms with Crippen molar-refractivity contribution in [1.82, 2.24) is 0 Å². The lowest BCUT2D eigenvalue weighted by Crippen LogP contribution is -2.16. The van der Waals surface area contributed by atoms with Crippen molar-refractivity contribution in [3.8, 4) is 44.9 Å². The van der Waals surface area contributed by atoms with E-state index in [-0.39, 0.29) is 0 Å².